The second kappa shape index (κ2) is 14.1. The van der Waals surface area contributed by atoms with E-state index in [0.29, 0.717) is 17.9 Å². The lowest BCUT2D eigenvalue weighted by atomic mass is 9.83. The number of nitrogens with one attached hydrogen (secondary N) is 2. The first-order valence-corrected chi connectivity index (χ1v) is 15.4. The van der Waals surface area contributed by atoms with Crippen molar-refractivity contribution in [2.24, 2.45) is 5.92 Å². The number of aliphatic hydroxyl groups is 2. The van der Waals surface area contributed by atoms with Crippen molar-refractivity contribution >= 4 is 29.2 Å². The molecule has 1 aromatic rings. The van der Waals surface area contributed by atoms with E-state index in [1.165, 1.54) is 19.1 Å². The average molecular weight is 652 g/mol. The van der Waals surface area contributed by atoms with Gasteiger partial charge in [0, 0.05) is 26.5 Å². The molecule has 0 saturated carbocycles. The van der Waals surface area contributed by atoms with Crippen LogP contribution in [-0.4, -0.2) is 98.6 Å². The number of likely N-dealkylation sites (N-methyl/N-ethyl adjacent to an activating group) is 1. The maximum atomic E-state index is 13.9. The Bertz CT molecular complexity index is 1320. The Morgan fingerprint density at radius 2 is 2.02 bits per heavy atom. The van der Waals surface area contributed by atoms with E-state index >= 15 is 0 Å². The molecule has 12 nitrogen and oxygen atoms in total. The zero-order chi connectivity index (χ0) is 33.3. The van der Waals surface area contributed by atoms with Gasteiger partial charge in [-0.05, 0) is 51.9 Å². The second-order valence-electron chi connectivity index (χ2n) is 12.3. The van der Waals surface area contributed by atoms with E-state index < -0.39 is 60.1 Å². The first kappa shape index (κ1) is 35.3. The summed E-state index contributed by atoms with van der Waals surface area (Å²) in [7, 11) is 6.24. The molecule has 2 saturated heterocycles. The van der Waals surface area contributed by atoms with E-state index in [0.717, 1.165) is 11.1 Å². The van der Waals surface area contributed by atoms with Crippen molar-refractivity contribution in [2.45, 2.75) is 95.2 Å². The van der Waals surface area contributed by atoms with Crippen LogP contribution in [0.2, 0.25) is 5.02 Å². The molecule has 8 unspecified atom stereocenters. The van der Waals surface area contributed by atoms with E-state index in [4.69, 9.17) is 35.3 Å². The van der Waals surface area contributed by atoms with Crippen LogP contribution in [0.25, 0.3) is 0 Å². The highest BCUT2D eigenvalue weighted by atomic mass is 35.5. The lowest BCUT2D eigenvalue weighted by Crippen LogP contribution is -2.65. The number of hydrogen-bond acceptors (Lipinski definition) is 11. The summed E-state index contributed by atoms with van der Waals surface area (Å²) in [6.07, 6.45) is 1.25. The fourth-order valence-electron chi connectivity index (χ4n) is 6.08. The van der Waals surface area contributed by atoms with Gasteiger partial charge in [0.05, 0.1) is 31.4 Å². The summed E-state index contributed by atoms with van der Waals surface area (Å²) in [6, 6.07) is 3.02. The predicted molar refractivity (Wildman–Crippen MR) is 168 cm³/mol. The molecule has 1 aromatic carbocycles. The molecule has 0 aromatic heterocycles. The number of halogens is 1. The van der Waals surface area contributed by atoms with Crippen molar-refractivity contribution in [3.63, 3.8) is 0 Å². The summed E-state index contributed by atoms with van der Waals surface area (Å²) in [5.41, 5.74) is -0.478. The van der Waals surface area contributed by atoms with Gasteiger partial charge < -0.3 is 44.1 Å². The summed E-state index contributed by atoms with van der Waals surface area (Å²) >= 11 is 6.70. The molecule has 45 heavy (non-hydrogen) atoms. The highest BCUT2D eigenvalue weighted by Gasteiger charge is 2.64. The van der Waals surface area contributed by atoms with Crippen LogP contribution in [0.5, 0.6) is 5.75 Å². The molecule has 2 fully saturated rings. The molecule has 1 amide bonds. The summed E-state index contributed by atoms with van der Waals surface area (Å²) in [4.78, 5) is 28.3. The third-order valence-corrected chi connectivity index (χ3v) is 9.48. The van der Waals surface area contributed by atoms with Crippen LogP contribution in [-0.2, 0) is 35.0 Å². The van der Waals surface area contributed by atoms with Gasteiger partial charge in [-0.3, -0.25) is 9.59 Å². The van der Waals surface area contributed by atoms with Gasteiger partial charge in [0.25, 0.3) is 0 Å². The first-order valence-electron chi connectivity index (χ1n) is 15.1. The highest BCUT2D eigenvalue weighted by molar-refractivity contribution is 6.35. The number of methoxy groups -OCH3 is 2. The molecular formula is C32H46ClN3O9. The van der Waals surface area contributed by atoms with Gasteiger partial charge in [0.15, 0.2) is 5.72 Å². The number of aliphatic hydroxyl groups excluding tert-OH is 1. The number of epoxide rings is 1. The lowest BCUT2D eigenvalue weighted by molar-refractivity contribution is -0.270. The number of benzene rings is 1. The Balaban J connectivity index is 1.79. The Labute approximate surface area is 269 Å². The van der Waals surface area contributed by atoms with Gasteiger partial charge in [0.2, 0.25) is 12.3 Å². The van der Waals surface area contributed by atoms with Crippen LogP contribution in [0.1, 0.15) is 46.1 Å². The maximum Gasteiger partial charge on any atom is 0.323 e. The van der Waals surface area contributed by atoms with Crippen molar-refractivity contribution in [1.29, 1.82) is 0 Å². The van der Waals surface area contributed by atoms with Crippen LogP contribution in [0, 0.1) is 5.92 Å². The Morgan fingerprint density at radius 3 is 2.67 bits per heavy atom. The number of allylic oxidation sites excluding steroid dienone is 3. The quantitative estimate of drug-likeness (QED) is 0.275. The number of carbonyl (C=O) groups is 2. The fourth-order valence-corrected chi connectivity index (χ4v) is 6.39. The zero-order valence-corrected chi connectivity index (χ0v) is 27.9. The minimum atomic E-state index is -1.68. The molecular weight excluding hydrogens is 606 g/mol. The Morgan fingerprint density at radius 1 is 1.31 bits per heavy atom. The first-order chi connectivity index (χ1) is 21.2. The molecule has 4 N–H and O–H groups in total. The van der Waals surface area contributed by atoms with Crippen molar-refractivity contribution in [3.8, 4) is 5.75 Å². The molecule has 250 valence electrons. The second-order valence-corrected chi connectivity index (χ2v) is 12.7. The summed E-state index contributed by atoms with van der Waals surface area (Å²) in [6.45, 7) is 7.26. The van der Waals surface area contributed by atoms with Crippen LogP contribution in [0.15, 0.2) is 35.9 Å². The molecule has 0 aliphatic carbocycles. The van der Waals surface area contributed by atoms with Crippen molar-refractivity contribution in [3.05, 3.63) is 46.5 Å². The molecule has 3 heterocycles. The topological polar surface area (TPSA) is 151 Å². The van der Waals surface area contributed by atoms with E-state index in [2.05, 4.69) is 10.6 Å². The third-order valence-electron chi connectivity index (χ3n) is 9.10. The standard InChI is InChI=1S/C32H46ClN3O9/c1-17-10-9-11-24(42-8)32(40)16-23(43-30(39)35-32)18(2)28-31(4,45-28)25(44-29(38)19(3)34-5)15-26(37)36(6)21-13-20(12-17)14-22(41-7)27(21)33/h9-11,13-14,18-19,23-25,28,30,34-35,39-40H,12,15-16H2,1-8H3/b11-9+,17-10+/t18?,19?,23?,24?,25?,28?,30-,31?,32?/m1/s1. The van der Waals surface area contributed by atoms with Crippen molar-refractivity contribution in [2.75, 3.05) is 33.2 Å². The Kier molecular flexibility index (Phi) is 11.0. The van der Waals surface area contributed by atoms with E-state index in [9.17, 15) is 19.8 Å². The van der Waals surface area contributed by atoms with E-state index in [-0.39, 0.29) is 23.8 Å². The number of esters is 1. The number of carbonyl (C=O) groups excluding carboxylic acids is 2. The van der Waals surface area contributed by atoms with E-state index in [1.807, 2.05) is 32.1 Å². The molecule has 3 aliphatic heterocycles. The molecule has 0 radical (unpaired) electrons. The normalized spacial score (nSPS) is 36.7. The number of hydrogen-bond donors (Lipinski definition) is 4. The number of amides is 1. The largest absolute Gasteiger partial charge is 0.495 e. The Hall–Kier alpha value is -2.55. The SMILES string of the molecule is CNC(C)C(=O)OC1CC(=O)N(C)c2cc(cc(OC)c2Cl)C/C(C)=C/C=C/C(OC)C2(O)CC(O[C@@H](O)N2)C(C)C2OC12C. The molecule has 13 heteroatoms. The predicted octanol–water partition coefficient (Wildman–Crippen LogP) is 2.43. The van der Waals surface area contributed by atoms with Crippen LogP contribution < -0.4 is 20.3 Å². The van der Waals surface area contributed by atoms with Crippen LogP contribution in [0.4, 0.5) is 5.69 Å². The zero-order valence-electron chi connectivity index (χ0n) is 27.1. The molecule has 4 rings (SSSR count). The number of fused-ring (bicyclic) bond motifs is 5. The average Bonchev–Trinajstić information content (AvgIpc) is 3.69. The summed E-state index contributed by atoms with van der Waals surface area (Å²) < 4.78 is 29.1. The van der Waals surface area contributed by atoms with Crippen molar-refractivity contribution in [1.82, 2.24) is 10.6 Å². The van der Waals surface area contributed by atoms with E-state index in [1.54, 1.807) is 40.1 Å². The van der Waals surface area contributed by atoms with Crippen LogP contribution in [0.3, 0.4) is 0 Å². The van der Waals surface area contributed by atoms with Gasteiger partial charge in [-0.15, -0.1) is 0 Å². The van der Waals surface area contributed by atoms with Crippen LogP contribution >= 0.6 is 11.6 Å². The smallest absolute Gasteiger partial charge is 0.323 e. The summed E-state index contributed by atoms with van der Waals surface area (Å²) in [5, 5.41) is 28.1. The van der Waals surface area contributed by atoms with Crippen molar-refractivity contribution < 1.29 is 43.5 Å². The monoisotopic (exact) mass is 651 g/mol. The molecule has 0 spiro atoms. The molecule has 9 atom stereocenters. The number of anilines is 1. The molecule has 4 bridgehead atoms. The number of ether oxygens (including phenoxy) is 5. The number of nitrogens with zero attached hydrogens (tertiary/aromatic N) is 1. The minimum Gasteiger partial charge on any atom is -0.495 e. The number of rotatable bonds is 5. The lowest BCUT2D eigenvalue weighted by Gasteiger charge is -2.44. The van der Waals surface area contributed by atoms with Gasteiger partial charge in [0.1, 0.15) is 34.6 Å². The summed E-state index contributed by atoms with van der Waals surface area (Å²) in [5.74, 6) is -0.877. The van der Waals surface area contributed by atoms with Gasteiger partial charge in [-0.25, -0.2) is 5.32 Å². The fraction of sp³-hybridized carbons (Fsp3) is 0.625. The maximum absolute atomic E-state index is 13.9. The van der Waals surface area contributed by atoms with Gasteiger partial charge in [-0.1, -0.05) is 42.3 Å². The highest BCUT2D eigenvalue weighted by Crippen LogP contribution is 2.49. The molecule has 3 aliphatic rings. The third kappa shape index (κ3) is 7.55. The minimum absolute atomic E-state index is 0.0553. The van der Waals surface area contributed by atoms with Gasteiger partial charge in [-0.2, -0.15) is 0 Å². The van der Waals surface area contributed by atoms with Gasteiger partial charge >= 0.3 is 5.97 Å².